The van der Waals surface area contributed by atoms with Gasteiger partial charge in [0, 0.05) is 12.6 Å². The van der Waals surface area contributed by atoms with Gasteiger partial charge in [-0.1, -0.05) is 11.9 Å². The van der Waals surface area contributed by atoms with Gasteiger partial charge < -0.3 is 10.5 Å². The lowest BCUT2D eigenvalue weighted by Gasteiger charge is -2.23. The molecule has 1 saturated heterocycles. The molecule has 1 rings (SSSR count). The summed E-state index contributed by atoms with van der Waals surface area (Å²) in [6, 6.07) is 0.0561. The Balaban J connectivity index is 2.40. The zero-order chi connectivity index (χ0) is 8.27. The predicted molar refractivity (Wildman–Crippen MR) is 47.0 cm³/mol. The fourth-order valence-corrected chi connectivity index (χ4v) is 1.69. The molecule has 1 fully saturated rings. The van der Waals surface area contributed by atoms with E-state index in [1.165, 1.54) is 11.9 Å². The Morgan fingerprint density at radius 3 is 2.82 bits per heavy atom. The zero-order valence-electron chi connectivity index (χ0n) is 6.62. The summed E-state index contributed by atoms with van der Waals surface area (Å²) in [6.45, 7) is 3.59. The van der Waals surface area contributed by atoms with Crippen molar-refractivity contribution in [1.29, 1.82) is 0 Å². The lowest BCUT2D eigenvalue weighted by Crippen LogP contribution is -2.45. The van der Waals surface area contributed by atoms with Crippen molar-refractivity contribution < 1.29 is 4.74 Å². The molecule has 1 heterocycles. The molecule has 0 aliphatic carbocycles. The van der Waals surface area contributed by atoms with Gasteiger partial charge in [-0.25, -0.2) is 0 Å². The van der Waals surface area contributed by atoms with E-state index in [0.717, 1.165) is 13.2 Å². The molecular formula is C6H15N3OS. The number of rotatable bonds is 3. The Morgan fingerprint density at radius 2 is 2.45 bits per heavy atom. The molecule has 0 amide bonds. The Hall–Kier alpha value is 0.190. The van der Waals surface area contributed by atoms with Crippen LogP contribution in [0.15, 0.2) is 0 Å². The molecule has 0 aromatic heterocycles. The van der Waals surface area contributed by atoms with E-state index >= 15 is 0 Å². The van der Waals surface area contributed by atoms with Crippen LogP contribution in [0, 0.1) is 0 Å². The van der Waals surface area contributed by atoms with Crippen LogP contribution in [0.4, 0.5) is 0 Å². The quantitative estimate of drug-likeness (QED) is 0.495. The summed E-state index contributed by atoms with van der Waals surface area (Å²) in [5.74, 6) is 0. The molecule has 0 spiro atoms. The highest BCUT2D eigenvalue weighted by molar-refractivity contribution is 7.97. The van der Waals surface area contributed by atoms with Crippen LogP contribution in [0.3, 0.4) is 0 Å². The molecule has 66 valence electrons. The fraction of sp³-hybridized carbons (Fsp3) is 1.00. The van der Waals surface area contributed by atoms with E-state index in [2.05, 4.69) is 5.32 Å². The standard InChI is InChI=1S/C6H15N3OS/c1-4(7)5(11-8)6-9-2-3-10-6/h4-6,9H,2-3,7-8H2,1H3/t4-,5?,6?/m0/s1. The van der Waals surface area contributed by atoms with Crippen molar-refractivity contribution in [2.24, 2.45) is 10.9 Å². The summed E-state index contributed by atoms with van der Waals surface area (Å²) < 4.78 is 5.38. The second-order valence-electron chi connectivity index (χ2n) is 2.71. The normalized spacial score (nSPS) is 30.3. The van der Waals surface area contributed by atoms with Gasteiger partial charge in [-0.2, -0.15) is 0 Å². The molecule has 0 saturated carbocycles. The van der Waals surface area contributed by atoms with Gasteiger partial charge >= 0.3 is 0 Å². The minimum Gasteiger partial charge on any atom is -0.361 e. The summed E-state index contributed by atoms with van der Waals surface area (Å²) in [4.78, 5) is 0. The monoisotopic (exact) mass is 177 g/mol. The summed E-state index contributed by atoms with van der Waals surface area (Å²) in [6.07, 6.45) is 0.0324. The van der Waals surface area contributed by atoms with E-state index in [1.54, 1.807) is 0 Å². The van der Waals surface area contributed by atoms with Crippen LogP contribution in [0.25, 0.3) is 0 Å². The molecule has 0 aromatic carbocycles. The van der Waals surface area contributed by atoms with Gasteiger partial charge in [0.25, 0.3) is 0 Å². The average molecular weight is 177 g/mol. The van der Waals surface area contributed by atoms with Crippen molar-refractivity contribution in [3.63, 3.8) is 0 Å². The van der Waals surface area contributed by atoms with Gasteiger partial charge in [0.2, 0.25) is 0 Å². The molecule has 1 aliphatic heterocycles. The SMILES string of the molecule is C[C@H](N)C(SN)C1NCCO1. The van der Waals surface area contributed by atoms with Crippen LogP contribution < -0.4 is 16.2 Å². The van der Waals surface area contributed by atoms with Crippen molar-refractivity contribution >= 4 is 11.9 Å². The Bertz CT molecular complexity index is 116. The lowest BCUT2D eigenvalue weighted by atomic mass is 10.2. The Labute approximate surface area is 71.2 Å². The van der Waals surface area contributed by atoms with E-state index in [9.17, 15) is 0 Å². The lowest BCUT2D eigenvalue weighted by molar-refractivity contribution is 0.0949. The van der Waals surface area contributed by atoms with Crippen LogP contribution in [0.1, 0.15) is 6.92 Å². The summed E-state index contributed by atoms with van der Waals surface area (Å²) >= 11 is 1.26. The van der Waals surface area contributed by atoms with Crippen LogP contribution >= 0.6 is 11.9 Å². The van der Waals surface area contributed by atoms with Crippen LogP contribution in [0.5, 0.6) is 0 Å². The molecule has 0 bridgehead atoms. The zero-order valence-corrected chi connectivity index (χ0v) is 7.43. The highest BCUT2D eigenvalue weighted by Crippen LogP contribution is 2.15. The third kappa shape index (κ3) is 2.31. The first-order chi connectivity index (χ1) is 5.25. The number of nitrogens with one attached hydrogen (secondary N) is 1. The fourth-order valence-electron chi connectivity index (χ4n) is 1.13. The maximum absolute atomic E-state index is 5.71. The third-order valence-corrected chi connectivity index (χ3v) is 2.71. The largest absolute Gasteiger partial charge is 0.361 e. The van der Waals surface area contributed by atoms with Crippen molar-refractivity contribution in [1.82, 2.24) is 5.32 Å². The summed E-state index contributed by atoms with van der Waals surface area (Å²) in [5.41, 5.74) is 5.71. The second kappa shape index (κ2) is 4.27. The van der Waals surface area contributed by atoms with Crippen molar-refractivity contribution in [3.8, 4) is 0 Å². The summed E-state index contributed by atoms with van der Waals surface area (Å²) in [5, 5.41) is 8.81. The highest BCUT2D eigenvalue weighted by atomic mass is 32.2. The van der Waals surface area contributed by atoms with E-state index in [4.69, 9.17) is 15.6 Å². The molecular weight excluding hydrogens is 162 g/mol. The topological polar surface area (TPSA) is 73.3 Å². The predicted octanol–water partition coefficient (Wildman–Crippen LogP) is -0.745. The molecule has 11 heavy (non-hydrogen) atoms. The maximum atomic E-state index is 5.71. The minimum absolute atomic E-state index is 0.0324. The van der Waals surface area contributed by atoms with Gasteiger partial charge in [-0.3, -0.25) is 10.5 Å². The Morgan fingerprint density at radius 1 is 1.73 bits per heavy atom. The molecule has 2 unspecified atom stereocenters. The number of ether oxygens (including phenoxy) is 1. The molecule has 0 aromatic rings. The van der Waals surface area contributed by atoms with Crippen molar-refractivity contribution in [2.75, 3.05) is 13.2 Å². The highest BCUT2D eigenvalue weighted by Gasteiger charge is 2.27. The first kappa shape index (κ1) is 9.28. The van der Waals surface area contributed by atoms with Crippen molar-refractivity contribution in [3.05, 3.63) is 0 Å². The average Bonchev–Trinajstić information content (AvgIpc) is 2.40. The molecule has 1 aliphatic rings. The van der Waals surface area contributed by atoms with Gasteiger partial charge in [0.15, 0.2) is 0 Å². The van der Waals surface area contributed by atoms with E-state index in [-0.39, 0.29) is 17.5 Å². The third-order valence-electron chi connectivity index (χ3n) is 1.72. The van der Waals surface area contributed by atoms with E-state index in [1.807, 2.05) is 6.92 Å². The number of hydrogen-bond acceptors (Lipinski definition) is 5. The van der Waals surface area contributed by atoms with Crippen LogP contribution in [-0.4, -0.2) is 30.7 Å². The Kier molecular flexibility index (Phi) is 3.61. The number of hydrogen-bond donors (Lipinski definition) is 3. The first-order valence-corrected chi connectivity index (χ1v) is 4.66. The number of nitrogens with two attached hydrogens (primary N) is 2. The minimum atomic E-state index is 0.0324. The van der Waals surface area contributed by atoms with E-state index in [0.29, 0.717) is 0 Å². The van der Waals surface area contributed by atoms with Gasteiger partial charge in [-0.15, -0.1) is 0 Å². The second-order valence-corrected chi connectivity index (χ2v) is 3.52. The first-order valence-electron chi connectivity index (χ1n) is 3.72. The van der Waals surface area contributed by atoms with Gasteiger partial charge in [0.1, 0.15) is 6.23 Å². The molecule has 0 radical (unpaired) electrons. The van der Waals surface area contributed by atoms with Gasteiger partial charge in [-0.05, 0) is 6.92 Å². The molecule has 5 N–H and O–H groups in total. The van der Waals surface area contributed by atoms with Gasteiger partial charge in [0.05, 0.1) is 11.9 Å². The molecule has 5 heteroatoms. The van der Waals surface area contributed by atoms with Crippen LogP contribution in [-0.2, 0) is 4.74 Å². The van der Waals surface area contributed by atoms with Crippen LogP contribution in [0.2, 0.25) is 0 Å². The maximum Gasteiger partial charge on any atom is 0.123 e. The molecule has 4 nitrogen and oxygen atoms in total. The van der Waals surface area contributed by atoms with Crippen molar-refractivity contribution in [2.45, 2.75) is 24.4 Å². The smallest absolute Gasteiger partial charge is 0.123 e. The van der Waals surface area contributed by atoms with E-state index < -0.39 is 0 Å². The summed E-state index contributed by atoms with van der Waals surface area (Å²) in [7, 11) is 0. The molecule has 3 atom stereocenters.